The number of aliphatic carboxylic acids is 1. The molecule has 1 N–H and O–H groups in total. The summed E-state index contributed by atoms with van der Waals surface area (Å²) in [4.78, 5) is 10.4. The molecule has 0 saturated carbocycles. The molecule has 0 bridgehead atoms. The molecule has 2 aromatic rings. The molecule has 0 radical (unpaired) electrons. The zero-order valence-electron chi connectivity index (χ0n) is 9.78. The number of methoxy groups -OCH3 is 1. The largest absolute Gasteiger partial charge is 0.497 e. The Balaban J connectivity index is 2.20. The monoisotopic (exact) mass is 244 g/mol. The van der Waals surface area contributed by atoms with Crippen molar-refractivity contribution >= 4 is 12.0 Å². The van der Waals surface area contributed by atoms with Crippen LogP contribution in [0.1, 0.15) is 5.56 Å². The Morgan fingerprint density at radius 2 is 2.11 bits per heavy atom. The van der Waals surface area contributed by atoms with Crippen LogP contribution < -0.4 is 4.74 Å². The van der Waals surface area contributed by atoms with Crippen LogP contribution >= 0.6 is 0 Å². The summed E-state index contributed by atoms with van der Waals surface area (Å²) in [6.07, 6.45) is 5.93. The van der Waals surface area contributed by atoms with Crippen LogP contribution in [0.4, 0.5) is 0 Å². The number of hydrogen-bond acceptors (Lipinski definition) is 3. The summed E-state index contributed by atoms with van der Waals surface area (Å²) in [6, 6.07) is 7.42. The highest BCUT2D eigenvalue weighted by Gasteiger charge is 1.99. The highest BCUT2D eigenvalue weighted by atomic mass is 16.5. The van der Waals surface area contributed by atoms with E-state index in [1.165, 1.54) is 6.08 Å². The summed E-state index contributed by atoms with van der Waals surface area (Å²) in [5.74, 6) is -0.205. The van der Waals surface area contributed by atoms with E-state index in [0.29, 0.717) is 0 Å². The number of carboxylic acids is 1. The predicted octanol–water partition coefficient (Wildman–Crippen LogP) is 1.98. The number of rotatable bonds is 4. The van der Waals surface area contributed by atoms with Crippen LogP contribution in [0.15, 0.2) is 42.7 Å². The summed E-state index contributed by atoms with van der Waals surface area (Å²) < 4.78 is 6.74. The molecule has 0 aliphatic rings. The van der Waals surface area contributed by atoms with Gasteiger partial charge in [-0.1, -0.05) is 0 Å². The molecular formula is C13H12N2O3. The maximum absolute atomic E-state index is 10.4. The molecule has 1 heterocycles. The fourth-order valence-corrected chi connectivity index (χ4v) is 1.47. The van der Waals surface area contributed by atoms with Gasteiger partial charge in [-0.2, -0.15) is 5.10 Å². The lowest BCUT2D eigenvalue weighted by atomic mass is 10.3. The Morgan fingerprint density at radius 1 is 1.39 bits per heavy atom. The van der Waals surface area contributed by atoms with E-state index in [0.717, 1.165) is 23.1 Å². The standard InChI is InChI=1S/C13H12N2O3/c1-18-12-5-3-11(4-6-12)15-9-10(8-14-15)2-7-13(16)17/h2-9H,1H3,(H,16,17)/b7-2+. The van der Waals surface area contributed by atoms with Crippen molar-refractivity contribution < 1.29 is 14.6 Å². The Kier molecular flexibility index (Phi) is 3.43. The van der Waals surface area contributed by atoms with Crippen molar-refractivity contribution in [1.29, 1.82) is 0 Å². The third-order valence-electron chi connectivity index (χ3n) is 2.36. The Labute approximate surface area is 104 Å². The highest BCUT2D eigenvalue weighted by molar-refractivity contribution is 5.85. The molecule has 0 aliphatic heterocycles. The molecule has 0 saturated heterocycles. The number of aromatic nitrogens is 2. The average Bonchev–Trinajstić information content (AvgIpc) is 2.85. The highest BCUT2D eigenvalue weighted by Crippen LogP contribution is 2.15. The minimum atomic E-state index is -0.979. The zero-order valence-corrected chi connectivity index (χ0v) is 9.78. The molecule has 0 spiro atoms. The minimum absolute atomic E-state index is 0.730. The van der Waals surface area contributed by atoms with Crippen molar-refractivity contribution in [1.82, 2.24) is 9.78 Å². The third-order valence-corrected chi connectivity index (χ3v) is 2.36. The van der Waals surface area contributed by atoms with Gasteiger partial charge in [0.05, 0.1) is 19.0 Å². The van der Waals surface area contributed by atoms with Gasteiger partial charge in [-0.15, -0.1) is 0 Å². The number of carbonyl (C=O) groups is 1. The van der Waals surface area contributed by atoms with Gasteiger partial charge in [0.2, 0.25) is 0 Å². The molecule has 92 valence electrons. The molecule has 5 heteroatoms. The first-order valence-corrected chi connectivity index (χ1v) is 5.29. The SMILES string of the molecule is COc1ccc(-n2cc(/C=C/C(=O)O)cn2)cc1. The van der Waals surface area contributed by atoms with E-state index in [-0.39, 0.29) is 0 Å². The first-order chi connectivity index (χ1) is 8.69. The summed E-state index contributed by atoms with van der Waals surface area (Å²) in [5, 5.41) is 12.7. The molecular weight excluding hydrogens is 232 g/mol. The van der Waals surface area contributed by atoms with Gasteiger partial charge in [0.1, 0.15) is 5.75 Å². The lowest BCUT2D eigenvalue weighted by Gasteiger charge is -2.02. The molecule has 2 rings (SSSR count). The second-order valence-corrected chi connectivity index (χ2v) is 3.59. The average molecular weight is 244 g/mol. The molecule has 0 atom stereocenters. The number of hydrogen-bond donors (Lipinski definition) is 1. The van der Waals surface area contributed by atoms with Crippen LogP contribution in [0.5, 0.6) is 5.75 Å². The Hall–Kier alpha value is -2.56. The van der Waals surface area contributed by atoms with Crippen molar-refractivity contribution in [2.24, 2.45) is 0 Å². The number of nitrogens with zero attached hydrogens (tertiary/aromatic N) is 2. The van der Waals surface area contributed by atoms with Gasteiger partial charge in [-0.05, 0) is 30.3 Å². The first-order valence-electron chi connectivity index (χ1n) is 5.29. The molecule has 0 amide bonds. The van der Waals surface area contributed by atoms with Crippen LogP contribution in [-0.2, 0) is 4.79 Å². The maximum atomic E-state index is 10.4. The van der Waals surface area contributed by atoms with Crippen LogP contribution in [-0.4, -0.2) is 28.0 Å². The van der Waals surface area contributed by atoms with Gasteiger partial charge < -0.3 is 9.84 Å². The summed E-state index contributed by atoms with van der Waals surface area (Å²) >= 11 is 0. The smallest absolute Gasteiger partial charge is 0.328 e. The number of ether oxygens (including phenoxy) is 1. The van der Waals surface area contributed by atoms with Crippen LogP contribution in [0, 0.1) is 0 Å². The lowest BCUT2D eigenvalue weighted by Crippen LogP contribution is -1.93. The maximum Gasteiger partial charge on any atom is 0.328 e. The zero-order chi connectivity index (χ0) is 13.0. The van der Waals surface area contributed by atoms with E-state index in [1.807, 2.05) is 24.3 Å². The third kappa shape index (κ3) is 2.76. The van der Waals surface area contributed by atoms with E-state index in [1.54, 1.807) is 24.2 Å². The summed E-state index contributed by atoms with van der Waals surface area (Å²) in [6.45, 7) is 0. The van der Waals surface area contributed by atoms with Crippen molar-refractivity contribution in [2.45, 2.75) is 0 Å². The first kappa shape index (κ1) is 11.9. The quantitative estimate of drug-likeness (QED) is 0.835. The molecule has 0 unspecified atom stereocenters. The van der Waals surface area contributed by atoms with Gasteiger partial charge in [0, 0.05) is 17.8 Å². The van der Waals surface area contributed by atoms with Gasteiger partial charge >= 0.3 is 5.97 Å². The van der Waals surface area contributed by atoms with Crippen molar-refractivity contribution in [3.63, 3.8) is 0 Å². The summed E-state index contributed by atoms with van der Waals surface area (Å²) in [5.41, 5.74) is 1.61. The fourth-order valence-electron chi connectivity index (χ4n) is 1.47. The Bertz CT molecular complexity index is 570. The van der Waals surface area contributed by atoms with Crippen molar-refractivity contribution in [3.05, 3.63) is 48.3 Å². The van der Waals surface area contributed by atoms with Gasteiger partial charge in [-0.25, -0.2) is 9.48 Å². The number of benzene rings is 1. The lowest BCUT2D eigenvalue weighted by molar-refractivity contribution is -0.131. The van der Waals surface area contributed by atoms with E-state index in [2.05, 4.69) is 5.10 Å². The second kappa shape index (κ2) is 5.18. The minimum Gasteiger partial charge on any atom is -0.497 e. The van der Waals surface area contributed by atoms with Crippen molar-refractivity contribution in [2.75, 3.05) is 7.11 Å². The van der Waals surface area contributed by atoms with E-state index in [4.69, 9.17) is 9.84 Å². The summed E-state index contributed by atoms with van der Waals surface area (Å²) in [7, 11) is 1.61. The van der Waals surface area contributed by atoms with Crippen LogP contribution in [0.2, 0.25) is 0 Å². The second-order valence-electron chi connectivity index (χ2n) is 3.59. The van der Waals surface area contributed by atoms with E-state index < -0.39 is 5.97 Å². The van der Waals surface area contributed by atoms with Gasteiger partial charge in [-0.3, -0.25) is 0 Å². The van der Waals surface area contributed by atoms with Crippen LogP contribution in [0.25, 0.3) is 11.8 Å². The normalized spacial score (nSPS) is 10.7. The van der Waals surface area contributed by atoms with Gasteiger partial charge in [0.25, 0.3) is 0 Å². The predicted molar refractivity (Wildman–Crippen MR) is 66.8 cm³/mol. The molecule has 1 aromatic heterocycles. The fraction of sp³-hybridized carbons (Fsp3) is 0.0769. The van der Waals surface area contributed by atoms with E-state index >= 15 is 0 Å². The number of carboxylic acid groups (broad SMARTS) is 1. The molecule has 18 heavy (non-hydrogen) atoms. The van der Waals surface area contributed by atoms with Crippen LogP contribution in [0.3, 0.4) is 0 Å². The molecule has 1 aromatic carbocycles. The molecule has 5 nitrogen and oxygen atoms in total. The van der Waals surface area contributed by atoms with Crippen molar-refractivity contribution in [3.8, 4) is 11.4 Å². The van der Waals surface area contributed by atoms with E-state index in [9.17, 15) is 4.79 Å². The topological polar surface area (TPSA) is 64.3 Å². The Morgan fingerprint density at radius 3 is 2.72 bits per heavy atom. The molecule has 0 aliphatic carbocycles. The molecule has 0 fully saturated rings. The van der Waals surface area contributed by atoms with Gasteiger partial charge in [0.15, 0.2) is 0 Å².